The van der Waals surface area contributed by atoms with E-state index in [1.54, 1.807) is 54.6 Å². The Morgan fingerprint density at radius 1 is 0.946 bits per heavy atom. The summed E-state index contributed by atoms with van der Waals surface area (Å²) in [4.78, 5) is 36.8. The topological polar surface area (TPSA) is 86.6 Å². The van der Waals surface area contributed by atoms with Gasteiger partial charge in [-0.15, -0.1) is 0 Å². The third-order valence-corrected chi connectivity index (χ3v) is 6.59. The maximum Gasteiger partial charge on any atom is 0.290 e. The number of imide groups is 1. The number of aromatic nitrogens is 1. The molecule has 5 rings (SSSR count). The highest BCUT2D eigenvalue weighted by Gasteiger charge is 2.25. The number of hydrogen-bond donors (Lipinski definition) is 1. The van der Waals surface area contributed by atoms with Crippen LogP contribution in [-0.4, -0.2) is 28.9 Å². The Labute approximate surface area is 215 Å². The van der Waals surface area contributed by atoms with Gasteiger partial charge in [-0.25, -0.2) is 4.39 Å². The lowest BCUT2D eigenvalue weighted by atomic mass is 10.1. The Morgan fingerprint density at radius 2 is 1.70 bits per heavy atom. The minimum absolute atomic E-state index is 0.0832. The number of ether oxygens (including phenoxy) is 2. The lowest BCUT2D eigenvalue weighted by Gasteiger charge is -2.18. The zero-order chi connectivity index (χ0) is 25.9. The fraction of sp³-hybridized carbons (Fsp3) is 0.107. The van der Waals surface area contributed by atoms with Gasteiger partial charge >= 0.3 is 0 Å². The van der Waals surface area contributed by atoms with Gasteiger partial charge in [-0.05, 0) is 71.9 Å². The van der Waals surface area contributed by atoms with Crippen molar-refractivity contribution in [2.45, 2.75) is 0 Å². The van der Waals surface area contributed by atoms with Gasteiger partial charge in [-0.3, -0.25) is 19.7 Å². The van der Waals surface area contributed by atoms with Crippen LogP contribution in [0.15, 0.2) is 82.5 Å². The summed E-state index contributed by atoms with van der Waals surface area (Å²) < 4.78 is 27.2. The summed E-state index contributed by atoms with van der Waals surface area (Å²) in [6.07, 6.45) is 1.61. The van der Waals surface area contributed by atoms with Gasteiger partial charge in [0.05, 0.1) is 16.1 Å². The minimum atomic E-state index is -0.427. The van der Waals surface area contributed by atoms with Crippen molar-refractivity contribution < 1.29 is 23.5 Å². The monoisotopic (exact) mass is 516 g/mol. The number of pyridine rings is 1. The predicted molar refractivity (Wildman–Crippen MR) is 141 cm³/mol. The maximum atomic E-state index is 13.6. The molecule has 0 atom stereocenters. The number of halogens is 1. The van der Waals surface area contributed by atoms with Gasteiger partial charge < -0.3 is 14.0 Å². The maximum absolute atomic E-state index is 13.6. The summed E-state index contributed by atoms with van der Waals surface area (Å²) in [5.41, 5.74) is 2.36. The molecule has 37 heavy (non-hydrogen) atoms. The van der Waals surface area contributed by atoms with Gasteiger partial charge in [0.25, 0.3) is 11.1 Å². The molecule has 0 aliphatic carbocycles. The summed E-state index contributed by atoms with van der Waals surface area (Å²) in [6.45, 7) is 0.229. The molecule has 0 unspecified atom stereocenters. The molecule has 2 heterocycles. The van der Waals surface area contributed by atoms with Crippen molar-refractivity contribution in [2.75, 3.05) is 13.2 Å². The van der Waals surface area contributed by atoms with E-state index in [1.165, 1.54) is 12.1 Å². The SMILES string of the molecule is Cn1c(-c2ccc(F)cc2)c(OCCOc2cccc(C=C3SC(=O)NC3=O)c2)c(=O)c2ccccc21. The number of thioether (sulfide) groups is 1. The first-order valence-corrected chi connectivity index (χ1v) is 12.2. The molecular weight excluding hydrogens is 495 g/mol. The molecule has 1 N–H and O–H groups in total. The Kier molecular flexibility index (Phi) is 6.78. The first-order valence-electron chi connectivity index (χ1n) is 11.4. The number of carbonyl (C=O) groups excluding carboxylic acids is 2. The molecule has 9 heteroatoms. The largest absolute Gasteiger partial charge is 0.490 e. The van der Waals surface area contributed by atoms with Crippen LogP contribution in [0.2, 0.25) is 0 Å². The number of hydrogen-bond acceptors (Lipinski definition) is 6. The van der Waals surface area contributed by atoms with Gasteiger partial charge in [0.1, 0.15) is 24.8 Å². The molecule has 4 aromatic rings. The van der Waals surface area contributed by atoms with Crippen LogP contribution in [-0.2, 0) is 11.8 Å². The standard InChI is InChI=1S/C28H21FN2O5S/c1-31-22-8-3-2-7-21(22)25(32)26(24(31)18-9-11-19(29)12-10-18)36-14-13-35-20-6-4-5-17(15-20)16-23-27(33)30-28(34)37-23/h2-12,15-16H,13-14H2,1H3,(H,30,33,34). The molecule has 0 saturated carbocycles. The van der Waals surface area contributed by atoms with E-state index in [2.05, 4.69) is 5.32 Å². The second-order valence-electron chi connectivity index (χ2n) is 8.21. The molecule has 3 aromatic carbocycles. The van der Waals surface area contributed by atoms with E-state index >= 15 is 0 Å². The van der Waals surface area contributed by atoms with Crippen LogP contribution in [0.4, 0.5) is 9.18 Å². The number of nitrogens with zero attached hydrogens (tertiary/aromatic N) is 1. The van der Waals surface area contributed by atoms with Crippen molar-refractivity contribution in [3.8, 4) is 22.8 Å². The smallest absolute Gasteiger partial charge is 0.290 e. The highest BCUT2D eigenvalue weighted by molar-refractivity contribution is 8.18. The summed E-state index contributed by atoms with van der Waals surface area (Å²) in [5, 5.41) is 2.33. The van der Waals surface area contributed by atoms with E-state index in [9.17, 15) is 18.8 Å². The van der Waals surface area contributed by atoms with Crippen LogP contribution in [0.25, 0.3) is 28.2 Å². The number of amides is 2. The molecule has 186 valence electrons. The summed E-state index contributed by atoms with van der Waals surface area (Å²) in [7, 11) is 1.83. The predicted octanol–water partition coefficient (Wildman–Crippen LogP) is 5.13. The first kappa shape index (κ1) is 24.3. The van der Waals surface area contributed by atoms with Gasteiger partial charge in [0.2, 0.25) is 5.43 Å². The fourth-order valence-corrected chi connectivity index (χ4v) is 4.78. The lowest BCUT2D eigenvalue weighted by Crippen LogP contribution is -2.18. The summed E-state index contributed by atoms with van der Waals surface area (Å²) >= 11 is 0.845. The molecule has 0 bridgehead atoms. The number of aryl methyl sites for hydroxylation is 1. The van der Waals surface area contributed by atoms with E-state index in [0.29, 0.717) is 32.9 Å². The number of para-hydroxylation sites is 1. The van der Waals surface area contributed by atoms with E-state index in [-0.39, 0.29) is 30.2 Å². The van der Waals surface area contributed by atoms with Crippen molar-refractivity contribution in [1.29, 1.82) is 0 Å². The van der Waals surface area contributed by atoms with Crippen LogP contribution >= 0.6 is 11.8 Å². The molecule has 1 aliphatic rings. The van der Waals surface area contributed by atoms with E-state index in [1.807, 2.05) is 23.7 Å². The Balaban J connectivity index is 1.36. The quantitative estimate of drug-likeness (QED) is 0.271. The van der Waals surface area contributed by atoms with Gasteiger partial charge in [0, 0.05) is 18.0 Å². The molecular formula is C28H21FN2O5S. The summed E-state index contributed by atoms with van der Waals surface area (Å²) in [5.74, 6) is -0.104. The zero-order valence-corrected chi connectivity index (χ0v) is 20.5. The van der Waals surface area contributed by atoms with Gasteiger partial charge in [0.15, 0.2) is 5.75 Å². The highest BCUT2D eigenvalue weighted by Crippen LogP contribution is 2.31. The molecule has 1 aliphatic heterocycles. The average molecular weight is 517 g/mol. The number of benzene rings is 3. The zero-order valence-electron chi connectivity index (χ0n) is 19.7. The third kappa shape index (κ3) is 5.12. The van der Waals surface area contributed by atoms with Crippen LogP contribution < -0.4 is 20.2 Å². The van der Waals surface area contributed by atoms with Crippen molar-refractivity contribution in [1.82, 2.24) is 9.88 Å². The average Bonchev–Trinajstić information content (AvgIpc) is 3.21. The molecule has 7 nitrogen and oxygen atoms in total. The van der Waals surface area contributed by atoms with Crippen LogP contribution in [0.1, 0.15) is 5.56 Å². The number of rotatable bonds is 7. The molecule has 1 saturated heterocycles. The highest BCUT2D eigenvalue weighted by atomic mass is 32.2. The minimum Gasteiger partial charge on any atom is -0.490 e. The fourth-order valence-electron chi connectivity index (χ4n) is 4.10. The third-order valence-electron chi connectivity index (χ3n) is 5.78. The number of nitrogens with one attached hydrogen (secondary N) is 1. The summed E-state index contributed by atoms with van der Waals surface area (Å²) in [6, 6.07) is 20.2. The van der Waals surface area contributed by atoms with Gasteiger partial charge in [-0.1, -0.05) is 24.3 Å². The number of carbonyl (C=O) groups is 2. The Bertz CT molecular complexity index is 1610. The molecule has 2 amide bonds. The lowest BCUT2D eigenvalue weighted by molar-refractivity contribution is -0.115. The van der Waals surface area contributed by atoms with Gasteiger partial charge in [-0.2, -0.15) is 0 Å². The van der Waals surface area contributed by atoms with E-state index < -0.39 is 11.1 Å². The molecule has 1 fully saturated rings. The Hall–Kier alpha value is -4.37. The number of fused-ring (bicyclic) bond motifs is 1. The van der Waals surface area contributed by atoms with Crippen LogP contribution in [0, 0.1) is 5.82 Å². The second kappa shape index (κ2) is 10.3. The second-order valence-corrected chi connectivity index (χ2v) is 9.23. The van der Waals surface area contributed by atoms with Crippen molar-refractivity contribution in [2.24, 2.45) is 7.05 Å². The van der Waals surface area contributed by atoms with Crippen molar-refractivity contribution in [3.63, 3.8) is 0 Å². The van der Waals surface area contributed by atoms with Crippen molar-refractivity contribution in [3.05, 3.63) is 99.3 Å². The molecule has 0 spiro atoms. The van der Waals surface area contributed by atoms with Crippen LogP contribution in [0.3, 0.4) is 0 Å². The van der Waals surface area contributed by atoms with Crippen molar-refractivity contribution >= 4 is 39.9 Å². The van der Waals surface area contributed by atoms with Crippen LogP contribution in [0.5, 0.6) is 11.5 Å². The normalized spacial score (nSPS) is 14.3. The molecule has 0 radical (unpaired) electrons. The first-order chi connectivity index (χ1) is 17.9. The molecule has 1 aromatic heterocycles. The van der Waals surface area contributed by atoms with E-state index in [4.69, 9.17) is 9.47 Å². The van der Waals surface area contributed by atoms with E-state index in [0.717, 1.165) is 17.3 Å². The Morgan fingerprint density at radius 3 is 2.46 bits per heavy atom.